The van der Waals surface area contributed by atoms with E-state index in [4.69, 9.17) is 5.11 Å². The molecule has 0 fully saturated rings. The topological polar surface area (TPSA) is 71.4 Å². The van der Waals surface area contributed by atoms with Crippen LogP contribution < -0.4 is 0 Å². The van der Waals surface area contributed by atoms with E-state index in [1.807, 2.05) is 0 Å². The Labute approximate surface area is 85.2 Å². The summed E-state index contributed by atoms with van der Waals surface area (Å²) in [5.74, 6) is -1.30. The molecule has 0 amide bonds. The molecule has 0 spiro atoms. The highest BCUT2D eigenvalue weighted by Crippen LogP contribution is 2.19. The number of rotatable bonds is 5. The Hall–Kier alpha value is -0.580. The largest absolute Gasteiger partial charge is 0.481 e. The lowest BCUT2D eigenvalue weighted by Gasteiger charge is -2.19. The van der Waals surface area contributed by atoms with Crippen LogP contribution in [0.5, 0.6) is 0 Å². The Morgan fingerprint density at radius 2 is 1.79 bits per heavy atom. The summed E-state index contributed by atoms with van der Waals surface area (Å²) in [4.78, 5) is 10.7. The number of aliphatic carboxylic acids is 1. The van der Waals surface area contributed by atoms with Crippen molar-refractivity contribution in [1.82, 2.24) is 0 Å². The van der Waals surface area contributed by atoms with Gasteiger partial charge in [-0.25, -0.2) is 8.42 Å². The molecule has 0 aliphatic heterocycles. The maximum absolute atomic E-state index is 11.5. The van der Waals surface area contributed by atoms with Crippen LogP contribution in [-0.4, -0.2) is 31.0 Å². The highest BCUT2D eigenvalue weighted by Gasteiger charge is 2.33. The van der Waals surface area contributed by atoms with E-state index in [1.54, 1.807) is 13.8 Å². The van der Waals surface area contributed by atoms with Gasteiger partial charge in [-0.15, -0.1) is 0 Å². The van der Waals surface area contributed by atoms with Crippen molar-refractivity contribution < 1.29 is 18.3 Å². The summed E-state index contributed by atoms with van der Waals surface area (Å²) < 4.78 is 23.0. The maximum Gasteiger partial charge on any atom is 0.310 e. The first-order valence-corrected chi connectivity index (χ1v) is 6.33. The second-order valence-electron chi connectivity index (χ2n) is 4.64. The molecule has 0 saturated carbocycles. The molecule has 0 heterocycles. The summed E-state index contributed by atoms with van der Waals surface area (Å²) in [7, 11) is -3.26. The Balaban J connectivity index is 4.60. The molecule has 0 aliphatic carbocycles. The van der Waals surface area contributed by atoms with Gasteiger partial charge in [-0.3, -0.25) is 4.79 Å². The third-order valence-corrected chi connectivity index (χ3v) is 4.08. The van der Waals surface area contributed by atoms with Crippen LogP contribution >= 0.6 is 0 Å². The van der Waals surface area contributed by atoms with Crippen LogP contribution in [0.25, 0.3) is 0 Å². The second kappa shape index (κ2) is 4.29. The van der Waals surface area contributed by atoms with Crippen molar-refractivity contribution in [3.05, 3.63) is 0 Å². The van der Waals surface area contributed by atoms with E-state index >= 15 is 0 Å². The van der Waals surface area contributed by atoms with Crippen LogP contribution in [-0.2, 0) is 14.6 Å². The van der Waals surface area contributed by atoms with Crippen molar-refractivity contribution in [2.45, 2.75) is 27.7 Å². The van der Waals surface area contributed by atoms with Gasteiger partial charge < -0.3 is 5.11 Å². The fourth-order valence-electron chi connectivity index (χ4n) is 1.18. The number of hydrogen-bond donors (Lipinski definition) is 1. The van der Waals surface area contributed by atoms with Crippen molar-refractivity contribution in [2.75, 3.05) is 11.5 Å². The van der Waals surface area contributed by atoms with Crippen molar-refractivity contribution in [3.8, 4) is 0 Å². The second-order valence-corrected chi connectivity index (χ2v) is 6.75. The number of hydrogen-bond acceptors (Lipinski definition) is 3. The van der Waals surface area contributed by atoms with E-state index in [0.29, 0.717) is 0 Å². The van der Waals surface area contributed by atoms with E-state index in [1.165, 1.54) is 13.8 Å². The third kappa shape index (κ3) is 4.60. The first-order chi connectivity index (χ1) is 6.07. The fourth-order valence-corrected chi connectivity index (χ4v) is 3.53. The van der Waals surface area contributed by atoms with Gasteiger partial charge in [0.2, 0.25) is 0 Å². The van der Waals surface area contributed by atoms with E-state index in [9.17, 15) is 13.2 Å². The predicted molar refractivity (Wildman–Crippen MR) is 54.9 cm³/mol. The fraction of sp³-hybridized carbons (Fsp3) is 0.889. The van der Waals surface area contributed by atoms with Crippen molar-refractivity contribution in [1.29, 1.82) is 0 Å². The molecule has 0 radical (unpaired) electrons. The standard InChI is InChI=1S/C9H18O4S/c1-7(2)5-14(12,13)6-9(3,4)8(10)11/h7H,5-6H2,1-4H3,(H,10,11). The molecule has 4 nitrogen and oxygen atoms in total. The molecular formula is C9H18O4S. The summed E-state index contributed by atoms with van der Waals surface area (Å²) >= 11 is 0. The molecule has 0 atom stereocenters. The minimum atomic E-state index is -3.26. The lowest BCUT2D eigenvalue weighted by Crippen LogP contribution is -2.34. The average molecular weight is 222 g/mol. The summed E-state index contributed by atoms with van der Waals surface area (Å²) in [6, 6.07) is 0. The predicted octanol–water partition coefficient (Wildman–Crippen LogP) is 1.17. The van der Waals surface area contributed by atoms with Gasteiger partial charge in [0.25, 0.3) is 0 Å². The van der Waals surface area contributed by atoms with Gasteiger partial charge in [0, 0.05) is 0 Å². The molecule has 14 heavy (non-hydrogen) atoms. The van der Waals surface area contributed by atoms with E-state index in [-0.39, 0.29) is 17.4 Å². The van der Waals surface area contributed by atoms with Gasteiger partial charge in [0.05, 0.1) is 16.9 Å². The monoisotopic (exact) mass is 222 g/mol. The highest BCUT2D eigenvalue weighted by atomic mass is 32.2. The lowest BCUT2D eigenvalue weighted by molar-refractivity contribution is -0.145. The van der Waals surface area contributed by atoms with Gasteiger partial charge in [0.1, 0.15) is 0 Å². The van der Waals surface area contributed by atoms with Crippen LogP contribution in [0.2, 0.25) is 0 Å². The molecule has 0 saturated heterocycles. The van der Waals surface area contributed by atoms with Crippen LogP contribution in [0.1, 0.15) is 27.7 Å². The van der Waals surface area contributed by atoms with E-state index in [2.05, 4.69) is 0 Å². The number of carboxylic acids is 1. The molecule has 84 valence electrons. The van der Waals surface area contributed by atoms with Crippen molar-refractivity contribution in [3.63, 3.8) is 0 Å². The van der Waals surface area contributed by atoms with E-state index in [0.717, 1.165) is 0 Å². The average Bonchev–Trinajstić information content (AvgIpc) is 1.79. The quantitative estimate of drug-likeness (QED) is 0.758. The van der Waals surface area contributed by atoms with Gasteiger partial charge in [-0.1, -0.05) is 13.8 Å². The molecule has 0 aliphatic rings. The first-order valence-electron chi connectivity index (χ1n) is 4.50. The summed E-state index contributed by atoms with van der Waals surface area (Å²) in [6.07, 6.45) is 0. The Morgan fingerprint density at radius 1 is 1.36 bits per heavy atom. The van der Waals surface area contributed by atoms with Crippen LogP contribution in [0.15, 0.2) is 0 Å². The zero-order valence-corrected chi connectivity index (χ0v) is 9.89. The Bertz CT molecular complexity index is 301. The normalized spacial score (nSPS) is 13.2. The van der Waals surface area contributed by atoms with Gasteiger partial charge in [0.15, 0.2) is 9.84 Å². The number of carbonyl (C=O) groups is 1. The van der Waals surface area contributed by atoms with Crippen LogP contribution in [0.4, 0.5) is 0 Å². The number of sulfone groups is 1. The molecule has 0 aromatic heterocycles. The van der Waals surface area contributed by atoms with Gasteiger partial charge in [-0.2, -0.15) is 0 Å². The van der Waals surface area contributed by atoms with E-state index < -0.39 is 21.2 Å². The summed E-state index contributed by atoms with van der Waals surface area (Å²) in [5, 5.41) is 8.77. The highest BCUT2D eigenvalue weighted by molar-refractivity contribution is 7.91. The van der Waals surface area contributed by atoms with Gasteiger partial charge >= 0.3 is 5.97 Å². The lowest BCUT2D eigenvalue weighted by atomic mass is 9.97. The van der Waals surface area contributed by atoms with Crippen molar-refractivity contribution in [2.24, 2.45) is 11.3 Å². The summed E-state index contributed by atoms with van der Waals surface area (Å²) in [6.45, 7) is 6.44. The smallest absolute Gasteiger partial charge is 0.310 e. The zero-order valence-electron chi connectivity index (χ0n) is 9.07. The number of carboxylic acid groups (broad SMARTS) is 1. The molecule has 0 rings (SSSR count). The zero-order chi connectivity index (χ0) is 11.6. The first kappa shape index (κ1) is 13.4. The van der Waals surface area contributed by atoms with Crippen LogP contribution in [0.3, 0.4) is 0 Å². The molecule has 0 aromatic rings. The third-order valence-electron chi connectivity index (χ3n) is 1.75. The molecule has 1 N–H and O–H groups in total. The molecule has 0 unspecified atom stereocenters. The molecule has 0 aromatic carbocycles. The maximum atomic E-state index is 11.5. The van der Waals surface area contributed by atoms with Crippen molar-refractivity contribution >= 4 is 15.8 Å². The van der Waals surface area contributed by atoms with Gasteiger partial charge in [-0.05, 0) is 19.8 Å². The molecular weight excluding hydrogens is 204 g/mol. The SMILES string of the molecule is CC(C)CS(=O)(=O)CC(C)(C)C(=O)O. The Kier molecular flexibility index (Phi) is 4.12. The molecule has 0 bridgehead atoms. The minimum absolute atomic E-state index is 0.0320. The Morgan fingerprint density at radius 3 is 2.07 bits per heavy atom. The minimum Gasteiger partial charge on any atom is -0.481 e. The van der Waals surface area contributed by atoms with Crippen LogP contribution in [0, 0.1) is 11.3 Å². The summed E-state index contributed by atoms with van der Waals surface area (Å²) in [5.41, 5.74) is -1.20. The molecule has 5 heteroatoms.